The van der Waals surface area contributed by atoms with Crippen LogP contribution in [0.3, 0.4) is 0 Å². The van der Waals surface area contributed by atoms with Crippen molar-refractivity contribution < 1.29 is 4.39 Å². The molecule has 0 radical (unpaired) electrons. The Balaban J connectivity index is 2.29. The SMILES string of the molecule is CC(C)n1c(-c2ccc(N)nc2)nc2ccc(F)cc21. The van der Waals surface area contributed by atoms with Crippen molar-refractivity contribution in [2.45, 2.75) is 19.9 Å². The van der Waals surface area contributed by atoms with Crippen molar-refractivity contribution in [3.05, 3.63) is 42.3 Å². The number of benzene rings is 1. The van der Waals surface area contributed by atoms with Crippen LogP contribution in [0.4, 0.5) is 10.2 Å². The summed E-state index contributed by atoms with van der Waals surface area (Å²) < 4.78 is 15.5. The van der Waals surface area contributed by atoms with Gasteiger partial charge >= 0.3 is 0 Å². The summed E-state index contributed by atoms with van der Waals surface area (Å²) in [6, 6.07) is 8.40. The summed E-state index contributed by atoms with van der Waals surface area (Å²) >= 11 is 0. The van der Waals surface area contributed by atoms with Gasteiger partial charge in [-0.05, 0) is 44.2 Å². The third kappa shape index (κ3) is 2.01. The third-order valence-electron chi connectivity index (χ3n) is 3.21. The zero-order chi connectivity index (χ0) is 14.3. The molecule has 0 aliphatic heterocycles. The van der Waals surface area contributed by atoms with Gasteiger partial charge in [-0.1, -0.05) is 0 Å². The van der Waals surface area contributed by atoms with Crippen LogP contribution in [0.2, 0.25) is 0 Å². The second-order valence-electron chi connectivity index (χ2n) is 5.00. The molecule has 0 atom stereocenters. The summed E-state index contributed by atoms with van der Waals surface area (Å²) in [6.45, 7) is 4.08. The van der Waals surface area contributed by atoms with Gasteiger partial charge in [-0.15, -0.1) is 0 Å². The summed E-state index contributed by atoms with van der Waals surface area (Å²) in [4.78, 5) is 8.68. The molecule has 0 bridgehead atoms. The van der Waals surface area contributed by atoms with Gasteiger partial charge in [0.2, 0.25) is 0 Å². The van der Waals surface area contributed by atoms with E-state index in [9.17, 15) is 4.39 Å². The van der Waals surface area contributed by atoms with E-state index in [1.165, 1.54) is 12.1 Å². The third-order valence-corrected chi connectivity index (χ3v) is 3.21. The molecule has 0 aliphatic rings. The number of pyridine rings is 1. The van der Waals surface area contributed by atoms with Gasteiger partial charge in [0.25, 0.3) is 0 Å². The number of nitrogens with two attached hydrogens (primary N) is 1. The average Bonchev–Trinajstić information content (AvgIpc) is 2.78. The normalized spacial score (nSPS) is 11.4. The fourth-order valence-electron chi connectivity index (χ4n) is 2.33. The second-order valence-corrected chi connectivity index (χ2v) is 5.00. The first-order chi connectivity index (χ1) is 9.56. The molecule has 0 fully saturated rings. The summed E-state index contributed by atoms with van der Waals surface area (Å²) in [6.07, 6.45) is 1.69. The van der Waals surface area contributed by atoms with Crippen molar-refractivity contribution >= 4 is 16.9 Å². The summed E-state index contributed by atoms with van der Waals surface area (Å²) in [7, 11) is 0. The van der Waals surface area contributed by atoms with Gasteiger partial charge in [-0.3, -0.25) is 0 Å². The lowest BCUT2D eigenvalue weighted by Gasteiger charge is -2.13. The first kappa shape index (κ1) is 12.6. The van der Waals surface area contributed by atoms with Crippen molar-refractivity contribution in [3.8, 4) is 11.4 Å². The van der Waals surface area contributed by atoms with Crippen LogP contribution < -0.4 is 5.73 Å². The Morgan fingerprint density at radius 1 is 1.20 bits per heavy atom. The lowest BCUT2D eigenvalue weighted by molar-refractivity contribution is 0.613. The van der Waals surface area contributed by atoms with Gasteiger partial charge in [-0.25, -0.2) is 14.4 Å². The van der Waals surface area contributed by atoms with E-state index in [1.807, 2.05) is 24.5 Å². The van der Waals surface area contributed by atoms with Crippen LogP contribution in [0.1, 0.15) is 19.9 Å². The zero-order valence-electron chi connectivity index (χ0n) is 11.3. The Kier molecular flexibility index (Phi) is 2.89. The molecule has 0 unspecified atom stereocenters. The van der Waals surface area contributed by atoms with Gasteiger partial charge in [0.05, 0.1) is 11.0 Å². The van der Waals surface area contributed by atoms with Crippen LogP contribution in [0.25, 0.3) is 22.4 Å². The Hall–Kier alpha value is -2.43. The van der Waals surface area contributed by atoms with Gasteiger partial charge in [0, 0.05) is 17.8 Å². The lowest BCUT2D eigenvalue weighted by Crippen LogP contribution is -2.03. The molecule has 0 saturated carbocycles. The molecule has 2 heterocycles. The van der Waals surface area contributed by atoms with E-state index >= 15 is 0 Å². The number of hydrogen-bond donors (Lipinski definition) is 1. The molecule has 4 nitrogen and oxygen atoms in total. The van der Waals surface area contributed by atoms with Gasteiger partial charge < -0.3 is 10.3 Å². The van der Waals surface area contributed by atoms with Crippen LogP contribution in [0, 0.1) is 5.82 Å². The van der Waals surface area contributed by atoms with E-state index in [0.717, 1.165) is 22.4 Å². The van der Waals surface area contributed by atoms with E-state index < -0.39 is 0 Å². The number of nitrogen functional groups attached to an aromatic ring is 1. The summed E-state index contributed by atoms with van der Waals surface area (Å²) in [5, 5.41) is 0. The fourth-order valence-corrected chi connectivity index (χ4v) is 2.33. The summed E-state index contributed by atoms with van der Waals surface area (Å²) in [5.74, 6) is 0.974. The molecule has 0 aliphatic carbocycles. The highest BCUT2D eigenvalue weighted by molar-refractivity contribution is 5.81. The van der Waals surface area contributed by atoms with E-state index in [1.54, 1.807) is 18.3 Å². The predicted molar refractivity (Wildman–Crippen MR) is 77.7 cm³/mol. The zero-order valence-corrected chi connectivity index (χ0v) is 11.3. The van der Waals surface area contributed by atoms with E-state index in [4.69, 9.17) is 5.73 Å². The van der Waals surface area contributed by atoms with Crippen LogP contribution in [0.5, 0.6) is 0 Å². The molecule has 102 valence electrons. The highest BCUT2D eigenvalue weighted by atomic mass is 19.1. The monoisotopic (exact) mass is 270 g/mol. The molecule has 0 saturated heterocycles. The number of halogens is 1. The van der Waals surface area contributed by atoms with Crippen molar-refractivity contribution in [1.82, 2.24) is 14.5 Å². The molecule has 1 aromatic carbocycles. The molecular weight excluding hydrogens is 255 g/mol. The topological polar surface area (TPSA) is 56.7 Å². The van der Waals surface area contributed by atoms with Gasteiger partial charge in [0.15, 0.2) is 0 Å². The van der Waals surface area contributed by atoms with Crippen LogP contribution in [0.15, 0.2) is 36.5 Å². The molecular formula is C15H15FN4. The van der Waals surface area contributed by atoms with Crippen molar-refractivity contribution in [2.75, 3.05) is 5.73 Å². The maximum atomic E-state index is 13.5. The number of hydrogen-bond acceptors (Lipinski definition) is 3. The number of anilines is 1. The minimum Gasteiger partial charge on any atom is -0.384 e. The Morgan fingerprint density at radius 3 is 2.65 bits per heavy atom. The quantitative estimate of drug-likeness (QED) is 0.776. The summed E-state index contributed by atoms with van der Waals surface area (Å²) in [5.41, 5.74) is 8.03. The number of nitrogens with zero attached hydrogens (tertiary/aromatic N) is 3. The molecule has 2 aromatic heterocycles. The van der Waals surface area contributed by atoms with E-state index in [2.05, 4.69) is 9.97 Å². The van der Waals surface area contributed by atoms with Crippen LogP contribution >= 0.6 is 0 Å². The highest BCUT2D eigenvalue weighted by Crippen LogP contribution is 2.28. The Labute approximate surface area is 116 Å². The van der Waals surface area contributed by atoms with Gasteiger partial charge in [0.1, 0.15) is 17.5 Å². The molecule has 0 amide bonds. The molecule has 3 aromatic rings. The standard InChI is InChI=1S/C15H15FN4/c1-9(2)20-13-7-11(16)4-5-12(13)19-15(20)10-3-6-14(17)18-8-10/h3-9H,1-2H3,(H2,17,18). The van der Waals surface area contributed by atoms with Crippen molar-refractivity contribution in [2.24, 2.45) is 0 Å². The predicted octanol–water partition coefficient (Wildman–Crippen LogP) is 3.40. The van der Waals surface area contributed by atoms with Gasteiger partial charge in [-0.2, -0.15) is 0 Å². The van der Waals surface area contributed by atoms with E-state index in [-0.39, 0.29) is 11.9 Å². The number of imidazole rings is 1. The largest absolute Gasteiger partial charge is 0.384 e. The highest BCUT2D eigenvalue weighted by Gasteiger charge is 2.15. The molecule has 20 heavy (non-hydrogen) atoms. The second kappa shape index (κ2) is 4.59. The Morgan fingerprint density at radius 2 is 2.00 bits per heavy atom. The van der Waals surface area contributed by atoms with Crippen molar-refractivity contribution in [3.63, 3.8) is 0 Å². The molecule has 2 N–H and O–H groups in total. The number of aromatic nitrogens is 3. The smallest absolute Gasteiger partial charge is 0.142 e. The number of rotatable bonds is 2. The maximum absolute atomic E-state index is 13.5. The molecule has 5 heteroatoms. The van der Waals surface area contributed by atoms with Crippen LogP contribution in [-0.4, -0.2) is 14.5 Å². The molecule has 3 rings (SSSR count). The fraction of sp³-hybridized carbons (Fsp3) is 0.200. The van der Waals surface area contributed by atoms with Crippen molar-refractivity contribution in [1.29, 1.82) is 0 Å². The van der Waals surface area contributed by atoms with E-state index in [0.29, 0.717) is 5.82 Å². The minimum atomic E-state index is -0.263. The Bertz CT molecular complexity index is 759. The maximum Gasteiger partial charge on any atom is 0.142 e. The van der Waals surface area contributed by atoms with Crippen LogP contribution in [-0.2, 0) is 0 Å². The molecule has 0 spiro atoms. The first-order valence-electron chi connectivity index (χ1n) is 6.45. The minimum absolute atomic E-state index is 0.161. The average molecular weight is 270 g/mol. The lowest BCUT2D eigenvalue weighted by atomic mass is 10.2. The first-order valence-corrected chi connectivity index (χ1v) is 6.45. The number of fused-ring (bicyclic) bond motifs is 1.